The molecule has 0 amide bonds. The van der Waals surface area contributed by atoms with Gasteiger partial charge >= 0.3 is 0 Å². The maximum Gasteiger partial charge on any atom is 0.279 e. The first-order valence-corrected chi connectivity index (χ1v) is 5.57. The normalized spacial score (nSPS) is 10.3. The number of aromatic nitrogens is 1. The summed E-state index contributed by atoms with van der Waals surface area (Å²) in [5.74, 6) is -2.12. The summed E-state index contributed by atoms with van der Waals surface area (Å²) in [5, 5.41) is 1.94. The molecule has 0 N–H and O–H groups in total. The summed E-state index contributed by atoms with van der Waals surface area (Å²) in [6, 6.07) is 3.74. The van der Waals surface area contributed by atoms with Crippen LogP contribution in [0.2, 0.25) is 0 Å². The summed E-state index contributed by atoms with van der Waals surface area (Å²) in [6.45, 7) is 0. The van der Waals surface area contributed by atoms with Crippen molar-refractivity contribution in [2.75, 3.05) is 0 Å². The van der Waals surface area contributed by atoms with Crippen molar-refractivity contribution >= 4 is 27.3 Å². The minimum atomic E-state index is -1.01. The molecule has 1 aromatic heterocycles. The van der Waals surface area contributed by atoms with Gasteiger partial charge in [-0.2, -0.15) is 9.37 Å². The van der Waals surface area contributed by atoms with Crippen molar-refractivity contribution in [2.45, 2.75) is 0 Å². The van der Waals surface area contributed by atoms with E-state index in [0.717, 1.165) is 6.07 Å². The number of benzene rings is 1. The third kappa shape index (κ3) is 2.32. The molecule has 0 unspecified atom stereocenters. The van der Waals surface area contributed by atoms with Crippen LogP contribution in [-0.4, -0.2) is 4.98 Å². The minimum absolute atomic E-state index is 0.170. The van der Waals surface area contributed by atoms with Crippen molar-refractivity contribution in [3.05, 3.63) is 39.8 Å². The summed E-state index contributed by atoms with van der Waals surface area (Å²) < 4.78 is 31.6. The molecule has 6 heteroatoms. The van der Waals surface area contributed by atoms with E-state index in [1.807, 2.05) is 0 Å². The lowest BCUT2D eigenvalue weighted by Crippen LogP contribution is -1.90. The average Bonchev–Trinajstić information content (AvgIpc) is 2.59. The largest absolute Gasteiger partial charge is 0.428 e. The van der Waals surface area contributed by atoms with Crippen LogP contribution in [0.3, 0.4) is 0 Å². The molecular weight excluding hydrogens is 288 g/mol. The number of nitrogens with zero attached hydrogens (tertiary/aromatic N) is 1. The van der Waals surface area contributed by atoms with Gasteiger partial charge in [0.1, 0.15) is 4.60 Å². The van der Waals surface area contributed by atoms with Gasteiger partial charge in [-0.15, -0.1) is 0 Å². The molecule has 0 spiro atoms. The molecule has 2 nitrogen and oxygen atoms in total. The number of hydrogen-bond acceptors (Lipinski definition) is 3. The molecule has 1 aromatic carbocycles. The van der Waals surface area contributed by atoms with Crippen LogP contribution >= 0.6 is 27.3 Å². The van der Waals surface area contributed by atoms with Crippen LogP contribution in [0.1, 0.15) is 0 Å². The zero-order chi connectivity index (χ0) is 10.8. The number of ether oxygens (including phenoxy) is 1. The lowest BCUT2D eigenvalue weighted by atomic mass is 10.3. The lowest BCUT2D eigenvalue weighted by Gasteiger charge is -2.02. The zero-order valence-electron chi connectivity index (χ0n) is 7.21. The molecule has 0 aliphatic heterocycles. The van der Waals surface area contributed by atoms with E-state index >= 15 is 0 Å². The molecule has 2 aromatic rings. The quantitative estimate of drug-likeness (QED) is 0.835. The Morgan fingerprint density at radius 2 is 2.13 bits per heavy atom. The summed E-state index contributed by atoms with van der Waals surface area (Å²) in [5.41, 5.74) is 0. The summed E-state index contributed by atoms with van der Waals surface area (Å²) in [7, 11) is 0. The van der Waals surface area contributed by atoms with E-state index in [2.05, 4.69) is 20.9 Å². The molecule has 0 atom stereocenters. The van der Waals surface area contributed by atoms with E-state index in [9.17, 15) is 8.78 Å². The highest BCUT2D eigenvalue weighted by atomic mass is 79.9. The second-order valence-electron chi connectivity index (χ2n) is 2.59. The van der Waals surface area contributed by atoms with Gasteiger partial charge < -0.3 is 4.74 Å². The van der Waals surface area contributed by atoms with Crippen LogP contribution < -0.4 is 4.74 Å². The SMILES string of the molecule is Fc1cccc(Oc2nc(Br)cs2)c1F. The van der Waals surface area contributed by atoms with Crippen molar-refractivity contribution in [1.82, 2.24) is 4.98 Å². The van der Waals surface area contributed by atoms with Gasteiger partial charge in [0, 0.05) is 5.38 Å². The summed E-state index contributed by atoms with van der Waals surface area (Å²) in [6.07, 6.45) is 0. The van der Waals surface area contributed by atoms with Crippen molar-refractivity contribution in [3.63, 3.8) is 0 Å². The second-order valence-corrected chi connectivity index (χ2v) is 4.22. The van der Waals surface area contributed by atoms with Gasteiger partial charge in [0.15, 0.2) is 11.6 Å². The first kappa shape index (κ1) is 10.5. The number of rotatable bonds is 2. The maximum atomic E-state index is 13.2. The number of thiazole rings is 1. The first-order chi connectivity index (χ1) is 7.16. The molecule has 15 heavy (non-hydrogen) atoms. The summed E-state index contributed by atoms with van der Waals surface area (Å²) in [4.78, 5) is 3.90. The highest BCUT2D eigenvalue weighted by Gasteiger charge is 2.11. The van der Waals surface area contributed by atoms with E-state index in [1.54, 1.807) is 5.38 Å². The third-order valence-corrected chi connectivity index (χ3v) is 3.00. The van der Waals surface area contributed by atoms with E-state index in [1.165, 1.54) is 23.5 Å². The monoisotopic (exact) mass is 291 g/mol. The second kappa shape index (κ2) is 4.24. The average molecular weight is 292 g/mol. The molecule has 0 aliphatic carbocycles. The lowest BCUT2D eigenvalue weighted by molar-refractivity contribution is 0.414. The zero-order valence-corrected chi connectivity index (χ0v) is 9.61. The van der Waals surface area contributed by atoms with E-state index < -0.39 is 11.6 Å². The van der Waals surface area contributed by atoms with Gasteiger partial charge in [0.2, 0.25) is 5.82 Å². The predicted octanol–water partition coefficient (Wildman–Crippen LogP) is 3.98. The molecule has 0 radical (unpaired) electrons. The molecule has 0 saturated heterocycles. The third-order valence-electron chi connectivity index (χ3n) is 1.57. The van der Waals surface area contributed by atoms with Crippen molar-refractivity contribution in [1.29, 1.82) is 0 Å². The van der Waals surface area contributed by atoms with Crippen molar-refractivity contribution in [2.24, 2.45) is 0 Å². The fourth-order valence-corrected chi connectivity index (χ4v) is 2.04. The van der Waals surface area contributed by atoms with Gasteiger partial charge in [0.25, 0.3) is 5.19 Å². The first-order valence-electron chi connectivity index (χ1n) is 3.89. The Bertz CT molecular complexity index is 489. The highest BCUT2D eigenvalue weighted by molar-refractivity contribution is 9.10. The van der Waals surface area contributed by atoms with Crippen molar-refractivity contribution in [3.8, 4) is 10.9 Å². The fraction of sp³-hybridized carbons (Fsp3) is 0. The van der Waals surface area contributed by atoms with E-state index in [4.69, 9.17) is 4.74 Å². The van der Waals surface area contributed by atoms with Crippen LogP contribution in [0.25, 0.3) is 0 Å². The van der Waals surface area contributed by atoms with Crippen LogP contribution in [-0.2, 0) is 0 Å². The Kier molecular flexibility index (Phi) is 2.97. The smallest absolute Gasteiger partial charge is 0.279 e. The molecule has 0 bridgehead atoms. The topological polar surface area (TPSA) is 22.1 Å². The highest BCUT2D eigenvalue weighted by Crippen LogP contribution is 2.29. The Labute approximate surface area is 96.7 Å². The van der Waals surface area contributed by atoms with Crippen molar-refractivity contribution < 1.29 is 13.5 Å². The Morgan fingerprint density at radius 3 is 2.80 bits per heavy atom. The van der Waals surface area contributed by atoms with Gasteiger partial charge in [-0.25, -0.2) is 4.39 Å². The standard InChI is InChI=1S/C9H4BrF2NOS/c10-7-4-15-9(13-7)14-6-3-1-2-5(11)8(6)12/h1-4H. The van der Waals surface area contributed by atoms with Crippen LogP contribution in [0.4, 0.5) is 8.78 Å². The van der Waals surface area contributed by atoms with Crippen LogP contribution in [0.5, 0.6) is 10.9 Å². The number of hydrogen-bond donors (Lipinski definition) is 0. The van der Waals surface area contributed by atoms with Gasteiger partial charge in [-0.3, -0.25) is 0 Å². The maximum absolute atomic E-state index is 13.2. The predicted molar refractivity (Wildman–Crippen MR) is 56.2 cm³/mol. The minimum Gasteiger partial charge on any atom is -0.428 e. The van der Waals surface area contributed by atoms with Gasteiger partial charge in [0.05, 0.1) is 0 Å². The fourth-order valence-electron chi connectivity index (χ4n) is 0.943. The molecule has 2 rings (SSSR count). The Balaban J connectivity index is 2.28. The van der Waals surface area contributed by atoms with E-state index in [0.29, 0.717) is 4.60 Å². The van der Waals surface area contributed by atoms with E-state index in [-0.39, 0.29) is 10.9 Å². The Hall–Kier alpha value is -1.01. The summed E-state index contributed by atoms with van der Waals surface area (Å²) >= 11 is 4.32. The number of halogens is 3. The molecular formula is C9H4BrF2NOS. The molecule has 0 aliphatic rings. The molecule has 0 fully saturated rings. The molecule has 1 heterocycles. The molecule has 78 valence electrons. The van der Waals surface area contributed by atoms with Crippen LogP contribution in [0, 0.1) is 11.6 Å². The van der Waals surface area contributed by atoms with Crippen LogP contribution in [0.15, 0.2) is 28.2 Å². The Morgan fingerprint density at radius 1 is 1.33 bits per heavy atom. The van der Waals surface area contributed by atoms with Gasteiger partial charge in [-0.05, 0) is 28.1 Å². The van der Waals surface area contributed by atoms with Gasteiger partial charge in [-0.1, -0.05) is 17.4 Å². The molecule has 0 saturated carbocycles.